The van der Waals surface area contributed by atoms with Crippen LogP contribution in [0.15, 0.2) is 18.2 Å². The van der Waals surface area contributed by atoms with Gasteiger partial charge in [0.2, 0.25) is 0 Å². The number of methoxy groups -OCH3 is 1. The molecule has 0 amide bonds. The SMILES string of the molecule is CCCCOc1cc(CN2CCCCC2C(=O)O)ccc1OC. The molecule has 1 aliphatic rings. The molecular formula is C18H27NO4. The Balaban J connectivity index is 2.09. The fourth-order valence-corrected chi connectivity index (χ4v) is 2.95. The van der Waals surface area contributed by atoms with E-state index in [1.165, 1.54) is 0 Å². The van der Waals surface area contributed by atoms with Gasteiger partial charge in [-0.25, -0.2) is 0 Å². The molecule has 1 saturated heterocycles. The molecule has 1 unspecified atom stereocenters. The normalized spacial score (nSPS) is 18.6. The Morgan fingerprint density at radius 3 is 2.87 bits per heavy atom. The van der Waals surface area contributed by atoms with Crippen molar-refractivity contribution in [2.45, 2.75) is 51.6 Å². The van der Waals surface area contributed by atoms with Crippen LogP contribution in [0.2, 0.25) is 0 Å². The molecule has 1 heterocycles. The molecule has 1 N–H and O–H groups in total. The highest BCUT2D eigenvalue weighted by atomic mass is 16.5. The molecule has 1 aromatic rings. The second kappa shape index (κ2) is 8.77. The van der Waals surface area contributed by atoms with Crippen LogP contribution in [-0.2, 0) is 11.3 Å². The highest BCUT2D eigenvalue weighted by Crippen LogP contribution is 2.30. The molecule has 1 aromatic carbocycles. The summed E-state index contributed by atoms with van der Waals surface area (Å²) in [6.45, 7) is 4.25. The molecule has 0 aromatic heterocycles. The van der Waals surface area contributed by atoms with Crippen molar-refractivity contribution in [3.63, 3.8) is 0 Å². The maximum atomic E-state index is 11.4. The van der Waals surface area contributed by atoms with Crippen LogP contribution >= 0.6 is 0 Å². The Kier molecular flexibility index (Phi) is 6.71. The zero-order chi connectivity index (χ0) is 16.7. The standard InChI is InChI=1S/C18H27NO4/c1-3-4-11-23-17-12-14(8-9-16(17)22-2)13-19-10-6-5-7-15(19)18(20)21/h8-9,12,15H,3-7,10-11,13H2,1-2H3,(H,20,21). The Labute approximate surface area is 138 Å². The lowest BCUT2D eigenvalue weighted by Crippen LogP contribution is -2.43. The fourth-order valence-electron chi connectivity index (χ4n) is 2.95. The summed E-state index contributed by atoms with van der Waals surface area (Å²) >= 11 is 0. The minimum Gasteiger partial charge on any atom is -0.493 e. The zero-order valence-electron chi connectivity index (χ0n) is 14.1. The van der Waals surface area contributed by atoms with E-state index in [4.69, 9.17) is 9.47 Å². The third kappa shape index (κ3) is 4.86. The first-order valence-corrected chi connectivity index (χ1v) is 8.42. The number of unbranched alkanes of at least 4 members (excludes halogenated alkanes) is 1. The number of aliphatic carboxylic acids is 1. The van der Waals surface area contributed by atoms with E-state index in [1.54, 1.807) is 7.11 Å². The van der Waals surface area contributed by atoms with E-state index in [9.17, 15) is 9.90 Å². The fraction of sp³-hybridized carbons (Fsp3) is 0.611. The first-order valence-electron chi connectivity index (χ1n) is 8.42. The molecule has 0 aliphatic carbocycles. The Morgan fingerprint density at radius 1 is 1.35 bits per heavy atom. The van der Waals surface area contributed by atoms with Crippen molar-refractivity contribution in [2.75, 3.05) is 20.3 Å². The number of carboxylic acid groups (broad SMARTS) is 1. The van der Waals surface area contributed by atoms with Crippen molar-refractivity contribution in [3.8, 4) is 11.5 Å². The summed E-state index contributed by atoms with van der Waals surface area (Å²) in [7, 11) is 1.63. The zero-order valence-corrected chi connectivity index (χ0v) is 14.1. The topological polar surface area (TPSA) is 59.0 Å². The second-order valence-electron chi connectivity index (χ2n) is 6.01. The highest BCUT2D eigenvalue weighted by molar-refractivity contribution is 5.73. The van der Waals surface area contributed by atoms with E-state index in [-0.39, 0.29) is 6.04 Å². The molecule has 1 aliphatic heterocycles. The van der Waals surface area contributed by atoms with Crippen LogP contribution < -0.4 is 9.47 Å². The van der Waals surface area contributed by atoms with Crippen LogP contribution in [-0.4, -0.2) is 42.3 Å². The van der Waals surface area contributed by atoms with Gasteiger partial charge in [0.25, 0.3) is 0 Å². The van der Waals surface area contributed by atoms with Gasteiger partial charge in [0.15, 0.2) is 11.5 Å². The summed E-state index contributed by atoms with van der Waals surface area (Å²) in [5, 5.41) is 9.38. The van der Waals surface area contributed by atoms with Gasteiger partial charge in [-0.1, -0.05) is 25.8 Å². The van der Waals surface area contributed by atoms with Gasteiger partial charge < -0.3 is 14.6 Å². The predicted octanol–water partition coefficient (Wildman–Crippen LogP) is 3.31. The molecule has 2 rings (SSSR count). The van der Waals surface area contributed by atoms with Crippen molar-refractivity contribution < 1.29 is 19.4 Å². The minimum atomic E-state index is -0.724. The van der Waals surface area contributed by atoms with Gasteiger partial charge in [0, 0.05) is 6.54 Å². The number of likely N-dealkylation sites (tertiary alicyclic amines) is 1. The number of benzene rings is 1. The van der Waals surface area contributed by atoms with Gasteiger partial charge in [0.05, 0.1) is 13.7 Å². The van der Waals surface area contributed by atoms with E-state index in [0.717, 1.165) is 55.7 Å². The Morgan fingerprint density at radius 2 is 2.17 bits per heavy atom. The monoisotopic (exact) mass is 321 g/mol. The van der Waals surface area contributed by atoms with Gasteiger partial charge in [-0.15, -0.1) is 0 Å². The molecule has 0 bridgehead atoms. The van der Waals surface area contributed by atoms with Crippen LogP contribution in [0.5, 0.6) is 11.5 Å². The first-order chi connectivity index (χ1) is 11.2. The molecule has 1 atom stereocenters. The Hall–Kier alpha value is -1.75. The summed E-state index contributed by atoms with van der Waals surface area (Å²) in [4.78, 5) is 13.5. The van der Waals surface area contributed by atoms with Gasteiger partial charge >= 0.3 is 5.97 Å². The number of carbonyl (C=O) groups is 1. The number of ether oxygens (including phenoxy) is 2. The second-order valence-corrected chi connectivity index (χ2v) is 6.01. The minimum absolute atomic E-state index is 0.379. The third-order valence-corrected chi connectivity index (χ3v) is 4.27. The molecule has 128 valence electrons. The number of piperidine rings is 1. The van der Waals surface area contributed by atoms with Crippen LogP contribution in [0, 0.1) is 0 Å². The molecule has 0 spiro atoms. The first kappa shape index (κ1) is 17.6. The molecule has 5 heteroatoms. The third-order valence-electron chi connectivity index (χ3n) is 4.27. The molecule has 1 fully saturated rings. The maximum Gasteiger partial charge on any atom is 0.320 e. The van der Waals surface area contributed by atoms with Crippen LogP contribution in [0.1, 0.15) is 44.6 Å². The number of hydrogen-bond acceptors (Lipinski definition) is 4. The number of nitrogens with zero attached hydrogens (tertiary/aromatic N) is 1. The van der Waals surface area contributed by atoms with E-state index >= 15 is 0 Å². The molecular weight excluding hydrogens is 294 g/mol. The van der Waals surface area contributed by atoms with Crippen molar-refractivity contribution in [2.24, 2.45) is 0 Å². The largest absolute Gasteiger partial charge is 0.493 e. The van der Waals surface area contributed by atoms with Crippen molar-refractivity contribution >= 4 is 5.97 Å². The van der Waals surface area contributed by atoms with Crippen molar-refractivity contribution in [1.82, 2.24) is 4.90 Å². The van der Waals surface area contributed by atoms with E-state index in [0.29, 0.717) is 13.2 Å². The summed E-state index contributed by atoms with van der Waals surface area (Å²) in [6, 6.07) is 5.48. The number of rotatable bonds is 8. The highest BCUT2D eigenvalue weighted by Gasteiger charge is 2.28. The van der Waals surface area contributed by atoms with Crippen LogP contribution in [0.4, 0.5) is 0 Å². The van der Waals surface area contributed by atoms with Crippen molar-refractivity contribution in [1.29, 1.82) is 0 Å². The van der Waals surface area contributed by atoms with Crippen molar-refractivity contribution in [3.05, 3.63) is 23.8 Å². The molecule has 0 saturated carbocycles. The smallest absolute Gasteiger partial charge is 0.320 e. The predicted molar refractivity (Wildman–Crippen MR) is 89.1 cm³/mol. The summed E-state index contributed by atoms with van der Waals surface area (Å²) in [5.74, 6) is 0.734. The van der Waals surface area contributed by atoms with Gasteiger partial charge in [-0.05, 0) is 43.5 Å². The molecule has 0 radical (unpaired) electrons. The number of carboxylic acids is 1. The average Bonchev–Trinajstić information content (AvgIpc) is 2.56. The lowest BCUT2D eigenvalue weighted by molar-refractivity contribution is -0.144. The molecule has 5 nitrogen and oxygen atoms in total. The molecule has 23 heavy (non-hydrogen) atoms. The van der Waals surface area contributed by atoms with Gasteiger partial charge in [-0.2, -0.15) is 0 Å². The van der Waals surface area contributed by atoms with Gasteiger partial charge in [0.1, 0.15) is 6.04 Å². The summed E-state index contributed by atoms with van der Waals surface area (Å²) in [6.07, 6.45) is 4.85. The lowest BCUT2D eigenvalue weighted by atomic mass is 10.0. The van der Waals surface area contributed by atoms with E-state index in [1.807, 2.05) is 23.1 Å². The van der Waals surface area contributed by atoms with E-state index < -0.39 is 5.97 Å². The summed E-state index contributed by atoms with van der Waals surface area (Å²) < 4.78 is 11.2. The quantitative estimate of drug-likeness (QED) is 0.744. The van der Waals surface area contributed by atoms with Crippen LogP contribution in [0.25, 0.3) is 0 Å². The maximum absolute atomic E-state index is 11.4. The summed E-state index contributed by atoms with van der Waals surface area (Å²) in [5.41, 5.74) is 1.06. The Bertz CT molecular complexity index is 518. The van der Waals surface area contributed by atoms with Crippen LogP contribution in [0.3, 0.4) is 0 Å². The number of hydrogen-bond donors (Lipinski definition) is 1. The lowest BCUT2D eigenvalue weighted by Gasteiger charge is -2.32. The van der Waals surface area contributed by atoms with Gasteiger partial charge in [-0.3, -0.25) is 9.69 Å². The van der Waals surface area contributed by atoms with E-state index in [2.05, 4.69) is 6.92 Å². The average molecular weight is 321 g/mol.